The van der Waals surface area contributed by atoms with E-state index in [4.69, 9.17) is 4.42 Å². The second-order valence-electron chi connectivity index (χ2n) is 6.93. The molecule has 32 heavy (non-hydrogen) atoms. The molecule has 0 fully saturated rings. The third kappa shape index (κ3) is 4.59. The van der Waals surface area contributed by atoms with Gasteiger partial charge in [0, 0.05) is 18.5 Å². The number of hydrogen-bond donors (Lipinski definition) is 1. The highest BCUT2D eigenvalue weighted by Crippen LogP contribution is 2.25. The fourth-order valence-electron chi connectivity index (χ4n) is 3.41. The Kier molecular flexibility index (Phi) is 6.12. The Morgan fingerprint density at radius 2 is 2.09 bits per heavy atom. The summed E-state index contributed by atoms with van der Waals surface area (Å²) < 4.78 is 37.1. The number of nitriles is 1. The lowest BCUT2D eigenvalue weighted by Crippen LogP contribution is -2.26. The van der Waals surface area contributed by atoms with Gasteiger partial charge in [0.05, 0.1) is 41.0 Å². The van der Waals surface area contributed by atoms with Gasteiger partial charge in [-0.3, -0.25) is 4.79 Å². The predicted molar refractivity (Wildman–Crippen MR) is 111 cm³/mol. The van der Waals surface area contributed by atoms with E-state index < -0.39 is 6.61 Å². The average Bonchev–Trinajstić information content (AvgIpc) is 3.43. The highest BCUT2D eigenvalue weighted by atomic mass is 19.3. The van der Waals surface area contributed by atoms with Crippen LogP contribution in [0.1, 0.15) is 27.3 Å². The van der Waals surface area contributed by atoms with Crippen molar-refractivity contribution in [2.24, 2.45) is 0 Å². The Labute approximate surface area is 181 Å². The summed E-state index contributed by atoms with van der Waals surface area (Å²) in [5, 5.41) is 12.1. The van der Waals surface area contributed by atoms with Crippen LogP contribution < -0.4 is 10.1 Å². The van der Waals surface area contributed by atoms with Gasteiger partial charge in [0.2, 0.25) is 0 Å². The zero-order chi connectivity index (χ0) is 22.5. The molecule has 7 nitrogen and oxygen atoms in total. The van der Waals surface area contributed by atoms with Crippen LogP contribution in [0.3, 0.4) is 0 Å². The van der Waals surface area contributed by atoms with Gasteiger partial charge in [-0.1, -0.05) is 18.2 Å². The topological polar surface area (TPSA) is 93.1 Å². The van der Waals surface area contributed by atoms with Crippen molar-refractivity contribution in [3.63, 3.8) is 0 Å². The molecule has 4 rings (SSSR count). The molecule has 0 radical (unpaired) electrons. The number of imidazole rings is 1. The lowest BCUT2D eigenvalue weighted by atomic mass is 10.1. The lowest BCUT2D eigenvalue weighted by molar-refractivity contribution is -0.0504. The molecule has 162 valence electrons. The molecule has 2 aromatic carbocycles. The van der Waals surface area contributed by atoms with E-state index in [9.17, 15) is 18.8 Å². The van der Waals surface area contributed by atoms with Gasteiger partial charge in [-0.15, -0.1) is 0 Å². The van der Waals surface area contributed by atoms with Crippen LogP contribution in [-0.2, 0) is 13.0 Å². The molecular formula is C23H18F2N4O3. The summed E-state index contributed by atoms with van der Waals surface area (Å²) in [6.45, 7) is -2.44. The van der Waals surface area contributed by atoms with Crippen LogP contribution in [0.15, 0.2) is 65.5 Å². The molecule has 0 spiro atoms. The van der Waals surface area contributed by atoms with Crippen LogP contribution in [0.25, 0.3) is 11.0 Å². The van der Waals surface area contributed by atoms with Gasteiger partial charge in [-0.05, 0) is 30.3 Å². The maximum absolute atomic E-state index is 12.8. The number of carbonyl (C=O) groups is 1. The number of carbonyl (C=O) groups excluding carboxylic acids is 1. The Morgan fingerprint density at radius 1 is 1.25 bits per heavy atom. The lowest BCUT2D eigenvalue weighted by Gasteiger charge is -2.14. The van der Waals surface area contributed by atoms with Crippen molar-refractivity contribution in [3.8, 4) is 11.8 Å². The average molecular weight is 436 g/mol. The van der Waals surface area contributed by atoms with Gasteiger partial charge in [-0.2, -0.15) is 14.0 Å². The molecule has 0 bridgehead atoms. The van der Waals surface area contributed by atoms with Crippen molar-refractivity contribution in [2.75, 3.05) is 6.54 Å². The van der Waals surface area contributed by atoms with Crippen molar-refractivity contribution < 1.29 is 22.7 Å². The molecule has 2 aromatic heterocycles. The van der Waals surface area contributed by atoms with Crippen molar-refractivity contribution in [2.45, 2.75) is 19.6 Å². The van der Waals surface area contributed by atoms with Crippen LogP contribution in [0, 0.1) is 11.3 Å². The van der Waals surface area contributed by atoms with Crippen molar-refractivity contribution in [3.05, 3.63) is 83.6 Å². The van der Waals surface area contributed by atoms with Gasteiger partial charge < -0.3 is 19.0 Å². The van der Waals surface area contributed by atoms with Gasteiger partial charge in [0.15, 0.2) is 0 Å². The van der Waals surface area contributed by atoms with Crippen molar-refractivity contribution in [1.82, 2.24) is 14.9 Å². The van der Waals surface area contributed by atoms with Crippen LogP contribution in [0.5, 0.6) is 5.75 Å². The molecule has 1 N–H and O–H groups in total. The van der Waals surface area contributed by atoms with Crippen LogP contribution in [0.2, 0.25) is 0 Å². The van der Waals surface area contributed by atoms with Crippen LogP contribution >= 0.6 is 0 Å². The van der Waals surface area contributed by atoms with Crippen LogP contribution in [0.4, 0.5) is 8.78 Å². The first-order valence-corrected chi connectivity index (χ1v) is 9.77. The van der Waals surface area contributed by atoms with Gasteiger partial charge >= 0.3 is 6.61 Å². The number of nitrogens with zero attached hydrogens (tertiary/aromatic N) is 3. The molecule has 0 unspecified atom stereocenters. The summed E-state index contributed by atoms with van der Waals surface area (Å²) in [6, 6.07) is 15.3. The van der Waals surface area contributed by atoms with Gasteiger partial charge in [0.1, 0.15) is 17.8 Å². The number of furan rings is 1. The summed E-state index contributed by atoms with van der Waals surface area (Å²) in [6.07, 6.45) is 3.16. The first kappa shape index (κ1) is 21.1. The zero-order valence-electron chi connectivity index (χ0n) is 16.8. The highest BCUT2D eigenvalue weighted by Gasteiger charge is 2.16. The van der Waals surface area contributed by atoms with E-state index in [-0.39, 0.29) is 18.2 Å². The normalized spacial score (nSPS) is 10.9. The standard InChI is InChI=1S/C23H18F2N4O3/c24-23(25)32-20-4-2-1-3-16(20)13-29-19-11-15(12-26)5-6-18(19)28-21(29)7-9-27-22(30)17-8-10-31-14-17/h1-6,8,10-11,14,23H,7,9,13H2,(H,27,30). The number of fused-ring (bicyclic) bond motifs is 1. The monoisotopic (exact) mass is 436 g/mol. The molecule has 0 aliphatic heterocycles. The second-order valence-corrected chi connectivity index (χ2v) is 6.93. The van der Waals surface area contributed by atoms with E-state index >= 15 is 0 Å². The first-order valence-electron chi connectivity index (χ1n) is 9.77. The van der Waals surface area contributed by atoms with Crippen molar-refractivity contribution >= 4 is 16.9 Å². The predicted octanol–water partition coefficient (Wildman–Crippen LogP) is 4.12. The number of benzene rings is 2. The number of rotatable bonds is 8. The Balaban J connectivity index is 1.64. The number of amides is 1. The highest BCUT2D eigenvalue weighted by molar-refractivity contribution is 5.93. The molecule has 0 saturated carbocycles. The molecule has 4 aromatic rings. The Morgan fingerprint density at radius 3 is 2.84 bits per heavy atom. The van der Waals surface area contributed by atoms with E-state index in [0.29, 0.717) is 46.5 Å². The summed E-state index contributed by atoms with van der Waals surface area (Å²) in [7, 11) is 0. The maximum Gasteiger partial charge on any atom is 0.387 e. The molecule has 0 aliphatic carbocycles. The van der Waals surface area contributed by atoms with E-state index in [1.807, 2.05) is 4.57 Å². The molecule has 0 aliphatic rings. The number of halogens is 2. The minimum atomic E-state index is -2.95. The summed E-state index contributed by atoms with van der Waals surface area (Å²) in [5.74, 6) is 0.429. The van der Waals surface area contributed by atoms with Crippen LogP contribution in [-0.4, -0.2) is 28.6 Å². The smallest absolute Gasteiger partial charge is 0.387 e. The van der Waals surface area contributed by atoms with Gasteiger partial charge in [0.25, 0.3) is 5.91 Å². The third-order valence-electron chi connectivity index (χ3n) is 4.89. The minimum absolute atomic E-state index is 0.0694. The largest absolute Gasteiger partial charge is 0.472 e. The van der Waals surface area contributed by atoms with E-state index in [1.54, 1.807) is 42.5 Å². The number of alkyl halides is 2. The quantitative estimate of drug-likeness (QED) is 0.448. The number of aromatic nitrogens is 2. The maximum atomic E-state index is 12.8. The fraction of sp³-hybridized carbons (Fsp3) is 0.174. The van der Waals surface area contributed by atoms with Crippen molar-refractivity contribution in [1.29, 1.82) is 5.26 Å². The fourth-order valence-corrected chi connectivity index (χ4v) is 3.41. The molecule has 0 atom stereocenters. The second kappa shape index (κ2) is 9.31. The Hall–Kier alpha value is -4.19. The summed E-state index contributed by atoms with van der Waals surface area (Å²) >= 11 is 0. The number of para-hydroxylation sites is 1. The van der Waals surface area contributed by atoms with E-state index in [1.165, 1.54) is 18.6 Å². The number of ether oxygens (including phenoxy) is 1. The van der Waals surface area contributed by atoms with E-state index in [2.05, 4.69) is 21.1 Å². The SMILES string of the molecule is N#Cc1ccc2nc(CCNC(=O)c3ccoc3)n(Cc3ccccc3OC(F)F)c2c1. The molecule has 9 heteroatoms. The molecule has 1 amide bonds. The number of hydrogen-bond acceptors (Lipinski definition) is 5. The third-order valence-corrected chi connectivity index (χ3v) is 4.89. The minimum Gasteiger partial charge on any atom is -0.472 e. The first-order chi connectivity index (χ1) is 15.5. The molecular weight excluding hydrogens is 418 g/mol. The molecule has 0 saturated heterocycles. The zero-order valence-corrected chi connectivity index (χ0v) is 16.8. The van der Waals surface area contributed by atoms with Gasteiger partial charge in [-0.25, -0.2) is 4.98 Å². The summed E-state index contributed by atoms with van der Waals surface area (Å²) in [5.41, 5.74) is 2.75. The summed E-state index contributed by atoms with van der Waals surface area (Å²) in [4.78, 5) is 16.8. The molecule has 2 heterocycles. The van der Waals surface area contributed by atoms with E-state index in [0.717, 1.165) is 0 Å². The Bertz CT molecular complexity index is 1280. The number of nitrogens with one attached hydrogen (secondary N) is 1.